The number of hydrogen-bond donors (Lipinski definition) is 2. The average Bonchev–Trinajstić information content (AvgIpc) is 3.14. The van der Waals surface area contributed by atoms with Crippen LogP contribution in [0.4, 0.5) is 13.2 Å². The minimum atomic E-state index is -4.42. The van der Waals surface area contributed by atoms with Crippen LogP contribution in [-0.2, 0) is 22.6 Å². The summed E-state index contributed by atoms with van der Waals surface area (Å²) in [7, 11) is 0. The minimum absolute atomic E-state index is 0.00101. The lowest BCUT2D eigenvalue weighted by atomic mass is 9.90. The smallest absolute Gasteiger partial charge is 0.371 e. The molecule has 1 unspecified atom stereocenters. The van der Waals surface area contributed by atoms with Crippen molar-refractivity contribution in [3.05, 3.63) is 47.5 Å². The van der Waals surface area contributed by atoms with Crippen molar-refractivity contribution in [1.82, 2.24) is 20.3 Å². The van der Waals surface area contributed by atoms with E-state index in [4.69, 9.17) is 4.74 Å². The Labute approximate surface area is 197 Å². The Balaban J connectivity index is 1.84. The Kier molecular flexibility index (Phi) is 7.65. The summed E-state index contributed by atoms with van der Waals surface area (Å²) in [4.78, 5) is 24.1. The van der Waals surface area contributed by atoms with Crippen LogP contribution in [0.25, 0.3) is 22.2 Å². The quantitative estimate of drug-likeness (QED) is 0.450. The highest BCUT2D eigenvalue weighted by atomic mass is 19.4. The largest absolute Gasteiger partial charge is 0.405 e. The van der Waals surface area contributed by atoms with E-state index < -0.39 is 18.6 Å². The lowest BCUT2D eigenvalue weighted by molar-refractivity contribution is -0.138. The highest BCUT2D eigenvalue weighted by Crippen LogP contribution is 2.33. The topological polar surface area (TPSA) is 79.9 Å². The molecule has 0 spiro atoms. The van der Waals surface area contributed by atoms with Crippen molar-refractivity contribution in [2.75, 3.05) is 6.54 Å². The first-order valence-electron chi connectivity index (χ1n) is 11.2. The predicted octanol–water partition coefficient (Wildman–Crippen LogP) is 5.50. The molecule has 6 nitrogen and oxygen atoms in total. The summed E-state index contributed by atoms with van der Waals surface area (Å²) < 4.78 is 43.1. The number of amides is 1. The van der Waals surface area contributed by atoms with Gasteiger partial charge in [0.15, 0.2) is 0 Å². The predicted molar refractivity (Wildman–Crippen MR) is 125 cm³/mol. The van der Waals surface area contributed by atoms with Gasteiger partial charge in [-0.15, -0.1) is 0 Å². The first-order valence-corrected chi connectivity index (χ1v) is 11.2. The molecule has 3 aromatic heterocycles. The Morgan fingerprint density at radius 3 is 2.59 bits per heavy atom. The Bertz CT molecular complexity index is 1150. The number of carbonyl (C=O) groups is 1. The number of halogens is 3. The number of nitrogens with zero attached hydrogens (tertiary/aromatic N) is 2. The van der Waals surface area contributed by atoms with Crippen LogP contribution < -0.4 is 5.32 Å². The SMILES string of the molecule is Cc1cncc(-c2c[nH]c3ncc(COC(C)(C)C)cc23)c1CC(C)CC(=O)NCC(F)(F)F. The van der Waals surface area contributed by atoms with Crippen molar-refractivity contribution in [2.45, 2.75) is 65.8 Å². The van der Waals surface area contributed by atoms with Crippen molar-refractivity contribution in [1.29, 1.82) is 0 Å². The van der Waals surface area contributed by atoms with Crippen LogP contribution in [0.5, 0.6) is 0 Å². The van der Waals surface area contributed by atoms with Gasteiger partial charge in [0.25, 0.3) is 0 Å². The molecule has 0 aliphatic heterocycles. The maximum atomic E-state index is 12.4. The molecular formula is C25H31F3N4O2. The summed E-state index contributed by atoms with van der Waals surface area (Å²) in [6.07, 6.45) is 3.30. The molecule has 1 amide bonds. The first-order chi connectivity index (χ1) is 15.8. The van der Waals surface area contributed by atoms with Gasteiger partial charge in [-0.05, 0) is 62.8 Å². The summed E-state index contributed by atoms with van der Waals surface area (Å²) in [5.41, 5.74) is 5.20. The molecule has 3 aromatic rings. The minimum Gasteiger partial charge on any atom is -0.371 e. The molecule has 0 aliphatic carbocycles. The zero-order chi connectivity index (χ0) is 25.1. The highest BCUT2D eigenvalue weighted by molar-refractivity contribution is 5.94. The molecule has 0 saturated carbocycles. The summed E-state index contributed by atoms with van der Waals surface area (Å²) in [5, 5.41) is 2.88. The Hall–Kier alpha value is -2.94. The number of pyridine rings is 2. The first kappa shape index (κ1) is 25.7. The van der Waals surface area contributed by atoms with E-state index in [0.717, 1.165) is 38.9 Å². The van der Waals surface area contributed by atoms with Gasteiger partial charge in [0, 0.05) is 47.7 Å². The molecular weight excluding hydrogens is 445 g/mol. The fraction of sp³-hybridized carbons (Fsp3) is 0.480. The molecule has 184 valence electrons. The van der Waals surface area contributed by atoms with Crippen LogP contribution in [0.3, 0.4) is 0 Å². The second-order valence-corrected chi connectivity index (χ2v) is 9.73. The molecule has 0 fully saturated rings. The number of fused-ring (bicyclic) bond motifs is 1. The Morgan fingerprint density at radius 1 is 1.18 bits per heavy atom. The van der Waals surface area contributed by atoms with Gasteiger partial charge in [0.1, 0.15) is 12.2 Å². The summed E-state index contributed by atoms with van der Waals surface area (Å²) in [6.45, 7) is 8.90. The van der Waals surface area contributed by atoms with Crippen LogP contribution >= 0.6 is 0 Å². The molecule has 0 saturated heterocycles. The molecule has 0 radical (unpaired) electrons. The lowest BCUT2D eigenvalue weighted by Gasteiger charge is -2.19. The number of nitrogens with one attached hydrogen (secondary N) is 2. The zero-order valence-electron chi connectivity index (χ0n) is 20.1. The van der Waals surface area contributed by atoms with Gasteiger partial charge >= 0.3 is 6.18 Å². The van der Waals surface area contributed by atoms with Gasteiger partial charge in [-0.1, -0.05) is 6.92 Å². The van der Waals surface area contributed by atoms with E-state index in [-0.39, 0.29) is 17.9 Å². The average molecular weight is 477 g/mol. The fourth-order valence-electron chi connectivity index (χ4n) is 3.75. The highest BCUT2D eigenvalue weighted by Gasteiger charge is 2.28. The van der Waals surface area contributed by atoms with Crippen molar-refractivity contribution in [3.8, 4) is 11.1 Å². The monoisotopic (exact) mass is 476 g/mol. The molecule has 9 heteroatoms. The second-order valence-electron chi connectivity index (χ2n) is 9.73. The number of ether oxygens (including phenoxy) is 1. The molecule has 3 rings (SSSR count). The lowest BCUT2D eigenvalue weighted by Crippen LogP contribution is -2.34. The summed E-state index contributed by atoms with van der Waals surface area (Å²) >= 11 is 0. The Morgan fingerprint density at radius 2 is 1.91 bits per heavy atom. The third-order valence-corrected chi connectivity index (χ3v) is 5.40. The van der Waals surface area contributed by atoms with Gasteiger partial charge in [-0.2, -0.15) is 13.2 Å². The molecule has 2 N–H and O–H groups in total. The van der Waals surface area contributed by atoms with Crippen LogP contribution in [0, 0.1) is 12.8 Å². The van der Waals surface area contributed by atoms with E-state index in [1.807, 2.05) is 52.2 Å². The molecule has 34 heavy (non-hydrogen) atoms. The normalized spacial score (nSPS) is 13.3. The number of rotatable bonds is 8. The third-order valence-electron chi connectivity index (χ3n) is 5.40. The van der Waals surface area contributed by atoms with Crippen molar-refractivity contribution in [2.24, 2.45) is 5.92 Å². The molecule has 3 heterocycles. The number of H-pyrrole nitrogens is 1. The molecule has 0 aliphatic rings. The molecule has 0 bridgehead atoms. The number of aromatic amines is 1. The standard InChI is InChI=1S/C25H31F3N4O2/c1-15(7-22(33)32-14-25(26,27)28)6-18-16(2)9-29-11-20(18)21-12-31-23-19(21)8-17(10-30-23)13-34-24(3,4)5/h8-12,15H,6-7,13-14H2,1-5H3,(H,30,31)(H,32,33). The molecule has 1 atom stereocenters. The van der Waals surface area contributed by atoms with Crippen molar-refractivity contribution < 1.29 is 22.7 Å². The van der Waals surface area contributed by atoms with E-state index in [2.05, 4.69) is 15.0 Å². The van der Waals surface area contributed by atoms with Gasteiger partial charge < -0.3 is 15.0 Å². The number of aryl methyl sites for hydroxylation is 1. The van der Waals surface area contributed by atoms with E-state index >= 15 is 0 Å². The van der Waals surface area contributed by atoms with E-state index in [1.54, 1.807) is 18.6 Å². The van der Waals surface area contributed by atoms with Crippen LogP contribution in [0.15, 0.2) is 30.9 Å². The number of alkyl halides is 3. The van der Waals surface area contributed by atoms with Crippen molar-refractivity contribution in [3.63, 3.8) is 0 Å². The maximum Gasteiger partial charge on any atom is 0.405 e. The zero-order valence-corrected chi connectivity index (χ0v) is 20.1. The van der Waals surface area contributed by atoms with Gasteiger partial charge in [-0.25, -0.2) is 4.98 Å². The van der Waals surface area contributed by atoms with Crippen LogP contribution in [0.1, 0.15) is 50.8 Å². The number of aromatic nitrogens is 3. The summed E-state index contributed by atoms with van der Waals surface area (Å²) in [5.74, 6) is -0.773. The second kappa shape index (κ2) is 10.1. The van der Waals surface area contributed by atoms with Crippen LogP contribution in [0.2, 0.25) is 0 Å². The number of carbonyl (C=O) groups excluding carboxylic acids is 1. The maximum absolute atomic E-state index is 12.4. The van der Waals surface area contributed by atoms with Gasteiger partial charge in [0.05, 0.1) is 12.2 Å². The molecule has 0 aromatic carbocycles. The fourth-order valence-corrected chi connectivity index (χ4v) is 3.75. The van der Waals surface area contributed by atoms with E-state index in [9.17, 15) is 18.0 Å². The van der Waals surface area contributed by atoms with E-state index in [0.29, 0.717) is 13.0 Å². The van der Waals surface area contributed by atoms with E-state index in [1.165, 1.54) is 0 Å². The third kappa shape index (κ3) is 7.03. The summed E-state index contributed by atoms with van der Waals surface area (Å²) in [6, 6.07) is 2.04. The number of hydrogen-bond acceptors (Lipinski definition) is 4. The van der Waals surface area contributed by atoms with Gasteiger partial charge in [0.2, 0.25) is 5.91 Å². The van der Waals surface area contributed by atoms with Crippen molar-refractivity contribution >= 4 is 16.9 Å². The van der Waals surface area contributed by atoms with Gasteiger partial charge in [-0.3, -0.25) is 9.78 Å². The van der Waals surface area contributed by atoms with Crippen LogP contribution in [-0.4, -0.2) is 39.2 Å².